The van der Waals surface area contributed by atoms with Crippen LogP contribution < -0.4 is 10.6 Å². The Hall–Kier alpha value is -1.59. The van der Waals surface area contributed by atoms with Gasteiger partial charge in [0, 0.05) is 30.4 Å². The van der Waals surface area contributed by atoms with Crippen LogP contribution >= 0.6 is 0 Å². The number of ether oxygens (including phenoxy) is 1. The molecule has 0 aliphatic carbocycles. The molecular formula is C15H24N2O3. The number of aliphatic hydroxyl groups excluding tert-OH is 1. The van der Waals surface area contributed by atoms with E-state index >= 15 is 0 Å². The van der Waals surface area contributed by atoms with Crippen molar-refractivity contribution in [3.05, 3.63) is 24.3 Å². The summed E-state index contributed by atoms with van der Waals surface area (Å²) >= 11 is 0. The van der Waals surface area contributed by atoms with Gasteiger partial charge >= 0.3 is 0 Å². The number of carbonyl (C=O) groups excluding carboxylic acids is 1. The zero-order chi connectivity index (χ0) is 15.0. The Labute approximate surface area is 120 Å². The van der Waals surface area contributed by atoms with Gasteiger partial charge < -0.3 is 20.5 Å². The highest BCUT2D eigenvalue weighted by Gasteiger charge is 2.20. The summed E-state index contributed by atoms with van der Waals surface area (Å²) in [4.78, 5) is 11.4. The molecule has 1 amide bonds. The van der Waals surface area contributed by atoms with Crippen molar-refractivity contribution in [1.29, 1.82) is 0 Å². The first-order chi connectivity index (χ1) is 9.53. The Balaban J connectivity index is 2.52. The molecule has 1 aromatic carbocycles. The van der Waals surface area contributed by atoms with Crippen LogP contribution in [0, 0.1) is 5.41 Å². The maximum atomic E-state index is 11.4. The monoisotopic (exact) mass is 280 g/mol. The average Bonchev–Trinajstić information content (AvgIpc) is 2.46. The molecule has 1 unspecified atom stereocenters. The molecule has 5 heteroatoms. The number of rotatable bonds is 8. The minimum atomic E-state index is -0.174. The number of anilines is 2. The lowest BCUT2D eigenvalue weighted by molar-refractivity contribution is -0.119. The zero-order valence-electron chi connectivity index (χ0n) is 12.4. The third kappa shape index (κ3) is 5.19. The molecule has 0 heterocycles. The first-order valence-electron chi connectivity index (χ1n) is 6.76. The fourth-order valence-electron chi connectivity index (χ4n) is 1.61. The number of hydrogen-bond acceptors (Lipinski definition) is 4. The Bertz CT molecular complexity index is 414. The van der Waals surface area contributed by atoms with Crippen molar-refractivity contribution in [2.45, 2.75) is 20.3 Å². The summed E-state index contributed by atoms with van der Waals surface area (Å²) in [7, 11) is 1.48. The lowest BCUT2D eigenvalue weighted by atomic mass is 9.88. The van der Waals surface area contributed by atoms with Gasteiger partial charge in [0.15, 0.2) is 0 Å². The fraction of sp³-hybridized carbons (Fsp3) is 0.533. The molecule has 1 atom stereocenters. The Morgan fingerprint density at radius 2 is 1.90 bits per heavy atom. The van der Waals surface area contributed by atoms with Crippen molar-refractivity contribution < 1.29 is 14.6 Å². The van der Waals surface area contributed by atoms with Crippen LogP contribution in [0.4, 0.5) is 11.4 Å². The summed E-state index contributed by atoms with van der Waals surface area (Å²) < 4.78 is 4.75. The van der Waals surface area contributed by atoms with Crippen molar-refractivity contribution in [3.8, 4) is 0 Å². The highest BCUT2D eigenvalue weighted by Crippen LogP contribution is 2.21. The van der Waals surface area contributed by atoms with Crippen molar-refractivity contribution in [2.75, 3.05) is 37.5 Å². The molecule has 0 fully saturated rings. The zero-order valence-corrected chi connectivity index (χ0v) is 12.4. The van der Waals surface area contributed by atoms with Crippen LogP contribution in [-0.4, -0.2) is 37.9 Å². The third-order valence-electron chi connectivity index (χ3n) is 3.40. The largest absolute Gasteiger partial charge is 0.396 e. The van der Waals surface area contributed by atoms with E-state index in [0.29, 0.717) is 6.54 Å². The van der Waals surface area contributed by atoms with E-state index in [1.165, 1.54) is 7.11 Å². The SMILES string of the molecule is CCC(C)(CO)CNc1ccc(NC(=O)COC)cc1. The second kappa shape index (κ2) is 7.87. The van der Waals surface area contributed by atoms with Gasteiger partial charge in [0.2, 0.25) is 5.91 Å². The molecule has 0 aliphatic rings. The molecule has 0 radical (unpaired) electrons. The van der Waals surface area contributed by atoms with Crippen LogP contribution in [0.25, 0.3) is 0 Å². The van der Waals surface area contributed by atoms with E-state index in [0.717, 1.165) is 17.8 Å². The van der Waals surface area contributed by atoms with Crippen LogP contribution in [0.2, 0.25) is 0 Å². The molecule has 0 saturated heterocycles. The first-order valence-corrected chi connectivity index (χ1v) is 6.76. The number of benzene rings is 1. The topological polar surface area (TPSA) is 70.6 Å². The van der Waals surface area contributed by atoms with Crippen molar-refractivity contribution in [2.24, 2.45) is 5.41 Å². The molecule has 1 rings (SSSR count). The van der Waals surface area contributed by atoms with Gasteiger partial charge in [-0.1, -0.05) is 13.8 Å². The van der Waals surface area contributed by atoms with Crippen molar-refractivity contribution >= 4 is 17.3 Å². The minimum Gasteiger partial charge on any atom is -0.396 e. The van der Waals surface area contributed by atoms with Crippen LogP contribution in [0.15, 0.2) is 24.3 Å². The maximum Gasteiger partial charge on any atom is 0.250 e. The quantitative estimate of drug-likeness (QED) is 0.682. The standard InChI is InChI=1S/C15H24N2O3/c1-4-15(2,11-18)10-16-12-5-7-13(8-6-12)17-14(19)9-20-3/h5-8,16,18H,4,9-11H2,1-3H3,(H,17,19). The number of aliphatic hydroxyl groups is 1. The van der Waals surface area contributed by atoms with Crippen LogP contribution in [0.5, 0.6) is 0 Å². The van der Waals surface area contributed by atoms with Crippen LogP contribution in [0.3, 0.4) is 0 Å². The smallest absolute Gasteiger partial charge is 0.250 e. The summed E-state index contributed by atoms with van der Waals surface area (Å²) in [6.45, 7) is 5.01. The maximum absolute atomic E-state index is 11.4. The van der Waals surface area contributed by atoms with E-state index in [4.69, 9.17) is 4.74 Å². The van der Waals surface area contributed by atoms with E-state index in [2.05, 4.69) is 17.6 Å². The molecule has 0 bridgehead atoms. The molecule has 20 heavy (non-hydrogen) atoms. The molecule has 112 valence electrons. The van der Waals surface area contributed by atoms with Crippen LogP contribution in [0.1, 0.15) is 20.3 Å². The van der Waals surface area contributed by atoms with Gasteiger partial charge in [-0.05, 0) is 30.7 Å². The summed E-state index contributed by atoms with van der Waals surface area (Å²) in [5.74, 6) is -0.174. The second-order valence-electron chi connectivity index (χ2n) is 5.23. The highest BCUT2D eigenvalue weighted by molar-refractivity contribution is 5.91. The van der Waals surface area contributed by atoms with E-state index < -0.39 is 0 Å². The average molecular weight is 280 g/mol. The summed E-state index contributed by atoms with van der Waals surface area (Å²) in [5.41, 5.74) is 1.58. The van der Waals surface area contributed by atoms with E-state index in [1.54, 1.807) is 0 Å². The molecule has 1 aromatic rings. The Morgan fingerprint density at radius 3 is 2.40 bits per heavy atom. The molecule has 0 spiro atoms. The minimum absolute atomic E-state index is 0.0470. The predicted molar refractivity (Wildman–Crippen MR) is 80.9 cm³/mol. The number of carbonyl (C=O) groups is 1. The summed E-state index contributed by atoms with van der Waals surface area (Å²) in [6, 6.07) is 7.46. The Morgan fingerprint density at radius 1 is 1.30 bits per heavy atom. The number of methoxy groups -OCH3 is 1. The van der Waals surface area contributed by atoms with Gasteiger partial charge in [-0.25, -0.2) is 0 Å². The van der Waals surface area contributed by atoms with Crippen molar-refractivity contribution in [1.82, 2.24) is 0 Å². The van der Waals surface area contributed by atoms with Crippen molar-refractivity contribution in [3.63, 3.8) is 0 Å². The van der Waals surface area contributed by atoms with Gasteiger partial charge in [0.1, 0.15) is 6.61 Å². The summed E-state index contributed by atoms with van der Waals surface area (Å²) in [5, 5.41) is 15.4. The third-order valence-corrected chi connectivity index (χ3v) is 3.40. The second-order valence-corrected chi connectivity index (χ2v) is 5.23. The van der Waals surface area contributed by atoms with E-state index in [-0.39, 0.29) is 24.5 Å². The lowest BCUT2D eigenvalue weighted by Gasteiger charge is -2.26. The number of amides is 1. The molecule has 0 aromatic heterocycles. The molecular weight excluding hydrogens is 256 g/mol. The Kier molecular flexibility index (Phi) is 6.48. The van der Waals surface area contributed by atoms with Gasteiger partial charge in [0.05, 0.1) is 6.61 Å². The van der Waals surface area contributed by atoms with Gasteiger partial charge in [0.25, 0.3) is 0 Å². The van der Waals surface area contributed by atoms with Gasteiger partial charge in [-0.3, -0.25) is 4.79 Å². The predicted octanol–water partition coefficient (Wildman–Crippen LogP) is 2.09. The molecule has 0 aliphatic heterocycles. The van der Waals surface area contributed by atoms with Gasteiger partial charge in [-0.2, -0.15) is 0 Å². The highest BCUT2D eigenvalue weighted by atomic mass is 16.5. The normalized spacial score (nSPS) is 13.6. The summed E-state index contributed by atoms with van der Waals surface area (Å²) in [6.07, 6.45) is 0.904. The number of nitrogens with one attached hydrogen (secondary N) is 2. The van der Waals surface area contributed by atoms with Crippen LogP contribution in [-0.2, 0) is 9.53 Å². The van der Waals surface area contributed by atoms with E-state index in [1.807, 2.05) is 31.2 Å². The molecule has 3 N–H and O–H groups in total. The molecule has 0 saturated carbocycles. The van der Waals surface area contributed by atoms with E-state index in [9.17, 15) is 9.90 Å². The first kappa shape index (κ1) is 16.5. The fourth-order valence-corrected chi connectivity index (χ4v) is 1.61. The van der Waals surface area contributed by atoms with Gasteiger partial charge in [-0.15, -0.1) is 0 Å². The molecule has 5 nitrogen and oxygen atoms in total. The number of hydrogen-bond donors (Lipinski definition) is 3. The lowest BCUT2D eigenvalue weighted by Crippen LogP contribution is -2.29.